The molecule has 0 unspecified atom stereocenters. The van der Waals surface area contributed by atoms with Crippen LogP contribution in [0.4, 0.5) is 9.18 Å². The fraction of sp³-hybridized carbons (Fsp3) is 0.348. The third kappa shape index (κ3) is 5.81. The van der Waals surface area contributed by atoms with Gasteiger partial charge in [-0.15, -0.1) is 0 Å². The number of nitrogens with one attached hydrogen (secondary N) is 1. The molecule has 0 aliphatic rings. The number of hydrogen-bond acceptors (Lipinski definition) is 5. The smallest absolute Gasteiger partial charge is 0.408 e. The Morgan fingerprint density at radius 2 is 2.00 bits per heavy atom. The molecule has 164 valence electrons. The van der Waals surface area contributed by atoms with Crippen LogP contribution in [-0.4, -0.2) is 40.4 Å². The summed E-state index contributed by atoms with van der Waals surface area (Å²) in [6.07, 6.45) is 3.01. The van der Waals surface area contributed by atoms with Gasteiger partial charge in [0.2, 0.25) is 0 Å². The molecule has 0 radical (unpaired) electrons. The molecule has 1 N–H and O–H groups in total. The fourth-order valence-electron chi connectivity index (χ4n) is 3.32. The lowest BCUT2D eigenvalue weighted by Gasteiger charge is -2.22. The van der Waals surface area contributed by atoms with Crippen LogP contribution in [0.15, 0.2) is 48.8 Å². The van der Waals surface area contributed by atoms with Gasteiger partial charge < -0.3 is 19.4 Å². The van der Waals surface area contributed by atoms with E-state index in [9.17, 15) is 14.0 Å². The van der Waals surface area contributed by atoms with Gasteiger partial charge in [-0.3, -0.25) is 0 Å². The third-order valence-electron chi connectivity index (χ3n) is 4.56. The maximum absolute atomic E-state index is 13.6. The molecule has 3 rings (SSSR count). The Morgan fingerprint density at radius 1 is 1.23 bits per heavy atom. The topological polar surface area (TPSA) is 82.5 Å². The highest BCUT2D eigenvalue weighted by molar-refractivity contribution is 5.85. The summed E-state index contributed by atoms with van der Waals surface area (Å²) in [7, 11) is 1.26. The molecule has 31 heavy (non-hydrogen) atoms. The second-order valence-electron chi connectivity index (χ2n) is 8.21. The molecule has 8 heteroatoms. The molecular weight excluding hydrogens is 401 g/mol. The van der Waals surface area contributed by atoms with E-state index in [4.69, 9.17) is 9.47 Å². The average Bonchev–Trinajstić information content (AvgIpc) is 3.03. The Balaban J connectivity index is 1.89. The van der Waals surface area contributed by atoms with Crippen molar-refractivity contribution in [2.24, 2.45) is 0 Å². The van der Waals surface area contributed by atoms with E-state index in [0.29, 0.717) is 12.2 Å². The molecule has 3 aromatic rings. The minimum Gasteiger partial charge on any atom is -0.467 e. The minimum atomic E-state index is -0.937. The number of methoxy groups -OCH3 is 1. The summed E-state index contributed by atoms with van der Waals surface area (Å²) in [5.41, 5.74) is 1.58. The van der Waals surface area contributed by atoms with E-state index in [0.717, 1.165) is 16.5 Å². The maximum Gasteiger partial charge on any atom is 0.408 e. The molecule has 0 aliphatic carbocycles. The normalized spacial score (nSPS) is 12.4. The van der Waals surface area contributed by atoms with Crippen molar-refractivity contribution in [1.29, 1.82) is 0 Å². The molecule has 7 nitrogen and oxygen atoms in total. The number of carbonyl (C=O) groups is 2. The second-order valence-corrected chi connectivity index (χ2v) is 8.21. The van der Waals surface area contributed by atoms with Gasteiger partial charge in [-0.2, -0.15) is 0 Å². The van der Waals surface area contributed by atoms with E-state index in [1.165, 1.54) is 19.2 Å². The number of rotatable bonds is 6. The lowest BCUT2D eigenvalue weighted by Crippen LogP contribution is -2.45. The molecule has 1 atom stereocenters. The summed E-state index contributed by atoms with van der Waals surface area (Å²) in [5, 5.41) is 3.42. The number of hydrogen-bond donors (Lipinski definition) is 1. The van der Waals surface area contributed by atoms with E-state index in [2.05, 4.69) is 10.3 Å². The van der Waals surface area contributed by atoms with Gasteiger partial charge in [0.05, 0.1) is 7.11 Å². The zero-order valence-electron chi connectivity index (χ0n) is 18.0. The van der Waals surface area contributed by atoms with Gasteiger partial charge in [0, 0.05) is 30.7 Å². The van der Waals surface area contributed by atoms with E-state index >= 15 is 0 Å². The third-order valence-corrected chi connectivity index (χ3v) is 4.56. The molecule has 0 aliphatic heterocycles. The van der Waals surface area contributed by atoms with Gasteiger partial charge in [-0.1, -0.05) is 12.1 Å². The van der Waals surface area contributed by atoms with Gasteiger partial charge >= 0.3 is 12.1 Å². The molecule has 0 bridgehead atoms. The Kier molecular flexibility index (Phi) is 6.58. The van der Waals surface area contributed by atoms with Crippen molar-refractivity contribution in [3.05, 3.63) is 65.7 Å². The van der Waals surface area contributed by atoms with Crippen LogP contribution >= 0.6 is 0 Å². The first-order valence-electron chi connectivity index (χ1n) is 9.91. The highest BCUT2D eigenvalue weighted by Crippen LogP contribution is 2.22. The van der Waals surface area contributed by atoms with Crippen LogP contribution < -0.4 is 5.32 Å². The van der Waals surface area contributed by atoms with E-state index in [1.807, 2.05) is 22.9 Å². The molecule has 0 saturated heterocycles. The van der Waals surface area contributed by atoms with Crippen molar-refractivity contribution in [2.75, 3.05) is 7.11 Å². The predicted molar refractivity (Wildman–Crippen MR) is 114 cm³/mol. The first kappa shape index (κ1) is 22.3. The van der Waals surface area contributed by atoms with Crippen LogP contribution in [0, 0.1) is 5.82 Å². The summed E-state index contributed by atoms with van der Waals surface area (Å²) in [6, 6.07) is 9.10. The lowest BCUT2D eigenvalue weighted by atomic mass is 10.1. The summed E-state index contributed by atoms with van der Waals surface area (Å²) >= 11 is 0. The van der Waals surface area contributed by atoms with Gasteiger partial charge in [-0.05, 0) is 56.2 Å². The van der Waals surface area contributed by atoms with E-state index < -0.39 is 23.7 Å². The maximum atomic E-state index is 13.6. The van der Waals surface area contributed by atoms with Gasteiger partial charge in [0.1, 0.15) is 23.1 Å². The second kappa shape index (κ2) is 9.16. The lowest BCUT2D eigenvalue weighted by molar-refractivity contribution is -0.143. The van der Waals surface area contributed by atoms with E-state index in [1.54, 1.807) is 39.1 Å². The number of aromatic nitrogens is 2. The van der Waals surface area contributed by atoms with Crippen molar-refractivity contribution in [3.8, 4) is 0 Å². The van der Waals surface area contributed by atoms with Crippen molar-refractivity contribution in [2.45, 2.75) is 45.4 Å². The van der Waals surface area contributed by atoms with Gasteiger partial charge in [0.15, 0.2) is 0 Å². The Morgan fingerprint density at radius 3 is 2.68 bits per heavy atom. The zero-order valence-corrected chi connectivity index (χ0v) is 18.0. The molecule has 1 aromatic carbocycles. The number of nitrogens with zero attached hydrogens (tertiary/aromatic N) is 2. The molecule has 2 aromatic heterocycles. The fourth-order valence-corrected chi connectivity index (χ4v) is 3.32. The number of alkyl carbamates (subject to hydrolysis) is 1. The monoisotopic (exact) mass is 427 g/mol. The van der Waals surface area contributed by atoms with Crippen molar-refractivity contribution in [3.63, 3.8) is 0 Å². The number of fused-ring (bicyclic) bond motifs is 1. The van der Waals surface area contributed by atoms with Crippen LogP contribution in [-0.2, 0) is 27.2 Å². The van der Waals surface area contributed by atoms with Crippen molar-refractivity contribution < 1.29 is 23.5 Å². The van der Waals surface area contributed by atoms with Crippen molar-refractivity contribution >= 4 is 23.1 Å². The standard InChI is InChI=1S/C23H26FN3O4/c1-23(2,3)31-22(29)26-19(21(28)30-4)12-16-14-27(20-18(16)9-6-10-25-20)13-15-7-5-8-17(24)11-15/h5-11,14,19H,12-13H2,1-4H3,(H,26,29)/t19-/m0/s1. The highest BCUT2D eigenvalue weighted by atomic mass is 19.1. The van der Waals surface area contributed by atoms with Crippen LogP contribution in [0.2, 0.25) is 0 Å². The summed E-state index contributed by atoms with van der Waals surface area (Å²) in [6.45, 7) is 5.63. The number of halogens is 1. The predicted octanol–water partition coefficient (Wildman–Crippen LogP) is 3.83. The number of esters is 1. The first-order valence-corrected chi connectivity index (χ1v) is 9.91. The minimum absolute atomic E-state index is 0.185. The van der Waals surface area contributed by atoms with Crippen LogP contribution in [0.1, 0.15) is 31.9 Å². The molecule has 1 amide bonds. The average molecular weight is 427 g/mol. The molecule has 0 spiro atoms. The number of amides is 1. The first-order chi connectivity index (χ1) is 14.7. The number of carbonyl (C=O) groups excluding carboxylic acids is 2. The summed E-state index contributed by atoms with van der Waals surface area (Å²) in [5.74, 6) is -0.893. The van der Waals surface area contributed by atoms with E-state index in [-0.39, 0.29) is 12.2 Å². The highest BCUT2D eigenvalue weighted by Gasteiger charge is 2.26. The number of ether oxygens (including phenoxy) is 2. The Labute approximate surface area is 180 Å². The summed E-state index contributed by atoms with van der Waals surface area (Å²) in [4.78, 5) is 29.0. The van der Waals surface area contributed by atoms with Crippen LogP contribution in [0.3, 0.4) is 0 Å². The number of pyridine rings is 1. The SMILES string of the molecule is COC(=O)[C@H](Cc1cn(Cc2cccc(F)c2)c2ncccc12)NC(=O)OC(C)(C)C. The van der Waals surface area contributed by atoms with Crippen LogP contribution in [0.25, 0.3) is 11.0 Å². The summed E-state index contributed by atoms with van der Waals surface area (Å²) < 4.78 is 25.6. The van der Waals surface area contributed by atoms with Crippen LogP contribution in [0.5, 0.6) is 0 Å². The van der Waals surface area contributed by atoms with Gasteiger partial charge in [-0.25, -0.2) is 19.0 Å². The molecule has 0 fully saturated rings. The Bertz CT molecular complexity index is 1090. The van der Waals surface area contributed by atoms with Crippen molar-refractivity contribution in [1.82, 2.24) is 14.9 Å². The Hall–Kier alpha value is -3.42. The molecule has 2 heterocycles. The largest absolute Gasteiger partial charge is 0.467 e. The molecular formula is C23H26FN3O4. The quantitative estimate of drug-likeness (QED) is 0.605. The molecule has 0 saturated carbocycles. The zero-order chi connectivity index (χ0) is 22.6. The van der Waals surface area contributed by atoms with Gasteiger partial charge in [0.25, 0.3) is 0 Å². The number of benzene rings is 1.